The van der Waals surface area contributed by atoms with Crippen LogP contribution in [-0.2, 0) is 4.79 Å². The van der Waals surface area contributed by atoms with Gasteiger partial charge in [-0.3, -0.25) is 9.59 Å². The Kier molecular flexibility index (Phi) is 6.27. The van der Waals surface area contributed by atoms with Gasteiger partial charge < -0.3 is 24.5 Å². The lowest BCUT2D eigenvalue weighted by molar-refractivity contribution is -0.118. The Bertz CT molecular complexity index is 768. The molecule has 7 heteroatoms. The predicted molar refractivity (Wildman–Crippen MR) is 97.7 cm³/mol. The van der Waals surface area contributed by atoms with Crippen LogP contribution in [0.25, 0.3) is 0 Å². The molecule has 1 aromatic carbocycles. The van der Waals surface area contributed by atoms with Crippen molar-refractivity contribution in [2.75, 3.05) is 19.5 Å². The Morgan fingerprint density at radius 2 is 1.77 bits per heavy atom. The van der Waals surface area contributed by atoms with E-state index in [1.165, 1.54) is 13.4 Å². The molecule has 2 rings (SSSR count). The lowest BCUT2D eigenvalue weighted by Crippen LogP contribution is -2.47. The van der Waals surface area contributed by atoms with E-state index in [-0.39, 0.29) is 17.6 Å². The van der Waals surface area contributed by atoms with Crippen molar-refractivity contribution in [2.45, 2.75) is 26.8 Å². The highest BCUT2D eigenvalue weighted by Gasteiger charge is 2.26. The van der Waals surface area contributed by atoms with E-state index in [4.69, 9.17) is 13.9 Å². The van der Waals surface area contributed by atoms with E-state index < -0.39 is 11.9 Å². The van der Waals surface area contributed by atoms with Crippen LogP contribution in [0.2, 0.25) is 0 Å². The molecule has 0 radical (unpaired) electrons. The largest absolute Gasteiger partial charge is 0.493 e. The number of rotatable bonds is 7. The van der Waals surface area contributed by atoms with Gasteiger partial charge in [0.1, 0.15) is 6.04 Å². The number of amides is 2. The first kappa shape index (κ1) is 19.4. The fraction of sp³-hybridized carbons (Fsp3) is 0.368. The standard InChI is InChI=1S/C19H24N2O5/c1-11(2)17(21-18(22)14-7-6-8-26-14)19(23)20-13-10-16(25-5)15(24-4)9-12(13)3/h6-11,17H,1-5H3,(H,20,23)(H,21,22). The molecule has 1 unspecified atom stereocenters. The van der Waals surface area contributed by atoms with Gasteiger partial charge in [-0.1, -0.05) is 13.8 Å². The minimum atomic E-state index is -0.722. The number of nitrogens with one attached hydrogen (secondary N) is 2. The van der Waals surface area contributed by atoms with Crippen molar-refractivity contribution < 1.29 is 23.5 Å². The maximum atomic E-state index is 12.7. The van der Waals surface area contributed by atoms with Gasteiger partial charge in [0.15, 0.2) is 17.3 Å². The monoisotopic (exact) mass is 360 g/mol. The van der Waals surface area contributed by atoms with E-state index in [1.54, 1.807) is 31.4 Å². The zero-order chi connectivity index (χ0) is 19.3. The number of carbonyl (C=O) groups is 2. The van der Waals surface area contributed by atoms with Crippen molar-refractivity contribution in [2.24, 2.45) is 5.92 Å². The first-order valence-corrected chi connectivity index (χ1v) is 8.25. The van der Waals surface area contributed by atoms with Crippen molar-refractivity contribution in [1.29, 1.82) is 0 Å². The van der Waals surface area contributed by atoms with Crippen LogP contribution in [0.15, 0.2) is 34.9 Å². The summed E-state index contributed by atoms with van der Waals surface area (Å²) in [5.41, 5.74) is 1.40. The van der Waals surface area contributed by atoms with Crippen LogP contribution in [0, 0.1) is 12.8 Å². The van der Waals surface area contributed by atoms with E-state index in [9.17, 15) is 9.59 Å². The lowest BCUT2D eigenvalue weighted by atomic mass is 10.0. The summed E-state index contributed by atoms with van der Waals surface area (Å²) in [5, 5.41) is 5.56. The molecule has 2 aromatic rings. The Hall–Kier alpha value is -2.96. The summed E-state index contributed by atoms with van der Waals surface area (Å²) in [5.74, 6) is 0.367. The summed E-state index contributed by atoms with van der Waals surface area (Å²) in [6.45, 7) is 5.56. The fourth-order valence-corrected chi connectivity index (χ4v) is 2.48. The molecule has 1 atom stereocenters. The van der Waals surface area contributed by atoms with Crippen molar-refractivity contribution in [3.63, 3.8) is 0 Å². The third-order valence-electron chi connectivity index (χ3n) is 3.97. The summed E-state index contributed by atoms with van der Waals surface area (Å²) in [4.78, 5) is 24.9. The molecule has 1 aromatic heterocycles. The van der Waals surface area contributed by atoms with Gasteiger partial charge >= 0.3 is 0 Å². The predicted octanol–water partition coefficient (Wildman–Crippen LogP) is 3.00. The maximum absolute atomic E-state index is 12.7. The van der Waals surface area contributed by atoms with Gasteiger partial charge in [-0.25, -0.2) is 0 Å². The van der Waals surface area contributed by atoms with Crippen LogP contribution in [0.3, 0.4) is 0 Å². The highest BCUT2D eigenvalue weighted by molar-refractivity contribution is 6.00. The molecule has 0 aliphatic heterocycles. The number of furan rings is 1. The third-order valence-corrected chi connectivity index (χ3v) is 3.97. The molecule has 0 saturated carbocycles. The smallest absolute Gasteiger partial charge is 0.287 e. The summed E-state index contributed by atoms with van der Waals surface area (Å²) < 4.78 is 15.6. The number of methoxy groups -OCH3 is 2. The molecule has 0 aliphatic rings. The van der Waals surface area contributed by atoms with Crippen LogP contribution in [-0.4, -0.2) is 32.1 Å². The van der Waals surface area contributed by atoms with Crippen LogP contribution in [0.4, 0.5) is 5.69 Å². The molecule has 0 spiro atoms. The van der Waals surface area contributed by atoms with E-state index in [1.807, 2.05) is 20.8 Å². The van der Waals surface area contributed by atoms with Gasteiger partial charge in [-0.2, -0.15) is 0 Å². The molecule has 7 nitrogen and oxygen atoms in total. The third kappa shape index (κ3) is 4.36. The number of anilines is 1. The molecule has 0 aliphatic carbocycles. The van der Waals surface area contributed by atoms with Crippen molar-refractivity contribution in [3.05, 3.63) is 41.9 Å². The lowest BCUT2D eigenvalue weighted by Gasteiger charge is -2.22. The van der Waals surface area contributed by atoms with Gasteiger partial charge in [-0.15, -0.1) is 0 Å². The molecule has 1 heterocycles. The second kappa shape index (κ2) is 8.42. The summed E-state index contributed by atoms with van der Waals surface area (Å²) in [6.07, 6.45) is 1.41. The quantitative estimate of drug-likeness (QED) is 0.792. The van der Waals surface area contributed by atoms with Crippen LogP contribution < -0.4 is 20.1 Å². The van der Waals surface area contributed by atoms with Gasteiger partial charge in [-0.05, 0) is 36.6 Å². The SMILES string of the molecule is COc1cc(C)c(NC(=O)C(NC(=O)c2ccco2)C(C)C)cc1OC. The number of benzene rings is 1. The molecule has 140 valence electrons. The average Bonchev–Trinajstić information content (AvgIpc) is 3.15. The Morgan fingerprint density at radius 3 is 2.31 bits per heavy atom. The Morgan fingerprint density at radius 1 is 1.12 bits per heavy atom. The molecular formula is C19H24N2O5. The molecule has 26 heavy (non-hydrogen) atoms. The first-order chi connectivity index (χ1) is 12.4. The van der Waals surface area contributed by atoms with E-state index >= 15 is 0 Å². The van der Waals surface area contributed by atoms with Gasteiger partial charge in [0.25, 0.3) is 5.91 Å². The van der Waals surface area contributed by atoms with Gasteiger partial charge in [0.2, 0.25) is 5.91 Å². The van der Waals surface area contributed by atoms with Crippen molar-refractivity contribution in [1.82, 2.24) is 5.32 Å². The molecule has 0 fully saturated rings. The number of hydrogen-bond acceptors (Lipinski definition) is 5. The minimum absolute atomic E-state index is 0.116. The van der Waals surface area contributed by atoms with Crippen molar-refractivity contribution >= 4 is 17.5 Å². The second-order valence-corrected chi connectivity index (χ2v) is 6.18. The van der Waals surface area contributed by atoms with Crippen LogP contribution in [0.1, 0.15) is 30.0 Å². The molecule has 0 saturated heterocycles. The maximum Gasteiger partial charge on any atom is 0.287 e. The van der Waals surface area contributed by atoms with Crippen LogP contribution >= 0.6 is 0 Å². The number of hydrogen-bond donors (Lipinski definition) is 2. The highest BCUT2D eigenvalue weighted by Crippen LogP contribution is 2.33. The second-order valence-electron chi connectivity index (χ2n) is 6.18. The number of aryl methyl sites for hydroxylation is 1. The van der Waals surface area contributed by atoms with Crippen molar-refractivity contribution in [3.8, 4) is 11.5 Å². The molecule has 2 N–H and O–H groups in total. The molecule has 0 bridgehead atoms. The van der Waals surface area contributed by atoms with E-state index in [2.05, 4.69) is 10.6 Å². The average molecular weight is 360 g/mol. The fourth-order valence-electron chi connectivity index (χ4n) is 2.48. The Labute approximate surface area is 152 Å². The molecule has 2 amide bonds. The normalized spacial score (nSPS) is 11.8. The zero-order valence-electron chi connectivity index (χ0n) is 15.6. The van der Waals surface area contributed by atoms with E-state index in [0.717, 1.165) is 5.56 Å². The number of ether oxygens (including phenoxy) is 2. The summed E-state index contributed by atoms with van der Waals surface area (Å²) >= 11 is 0. The summed E-state index contributed by atoms with van der Waals surface area (Å²) in [6, 6.07) is 5.91. The highest BCUT2D eigenvalue weighted by atomic mass is 16.5. The van der Waals surface area contributed by atoms with E-state index in [0.29, 0.717) is 17.2 Å². The Balaban J connectivity index is 2.18. The number of carbonyl (C=O) groups excluding carboxylic acids is 2. The molecular weight excluding hydrogens is 336 g/mol. The minimum Gasteiger partial charge on any atom is -0.493 e. The zero-order valence-corrected chi connectivity index (χ0v) is 15.6. The van der Waals surface area contributed by atoms with Gasteiger partial charge in [0, 0.05) is 11.8 Å². The van der Waals surface area contributed by atoms with Crippen LogP contribution in [0.5, 0.6) is 11.5 Å². The summed E-state index contributed by atoms with van der Waals surface area (Å²) in [7, 11) is 3.08. The van der Waals surface area contributed by atoms with Gasteiger partial charge in [0.05, 0.1) is 20.5 Å². The topological polar surface area (TPSA) is 89.8 Å². The first-order valence-electron chi connectivity index (χ1n) is 8.25.